The Morgan fingerprint density at radius 3 is 2.35 bits per heavy atom. The van der Waals surface area contributed by atoms with Crippen molar-refractivity contribution < 1.29 is 13.6 Å². The van der Waals surface area contributed by atoms with E-state index in [4.69, 9.17) is 0 Å². The standard InChI is InChI=1S/C18H24F2N2O/c1-16(2,19)11-8-12(17(3,4)20)14-13(9-11)18(15(23)22-14)6-5-7-21-10-18/h8-9,21H,5-7,10H2,1-4H3,(H,22,23). The summed E-state index contributed by atoms with van der Waals surface area (Å²) in [5.74, 6) is -0.112. The van der Waals surface area contributed by atoms with Gasteiger partial charge in [-0.2, -0.15) is 0 Å². The van der Waals surface area contributed by atoms with Crippen molar-refractivity contribution in [1.29, 1.82) is 0 Å². The summed E-state index contributed by atoms with van der Waals surface area (Å²) in [7, 11) is 0. The van der Waals surface area contributed by atoms with Gasteiger partial charge in [0.05, 0.1) is 11.1 Å². The summed E-state index contributed by atoms with van der Waals surface area (Å²) in [6, 6.07) is 3.30. The number of hydrogen-bond acceptors (Lipinski definition) is 2. The SMILES string of the molecule is CC(C)(F)c1cc(C(C)(C)F)c2c(c1)C1(CCCNC1)C(=O)N2. The van der Waals surface area contributed by atoms with Gasteiger partial charge < -0.3 is 10.6 Å². The molecule has 0 bridgehead atoms. The summed E-state index contributed by atoms with van der Waals surface area (Å²) in [6.07, 6.45) is 1.56. The Hall–Kier alpha value is -1.49. The Labute approximate surface area is 135 Å². The fourth-order valence-corrected chi connectivity index (χ4v) is 3.65. The zero-order chi connectivity index (χ0) is 17.0. The lowest BCUT2D eigenvalue weighted by Gasteiger charge is -2.33. The molecule has 5 heteroatoms. The molecule has 0 saturated carbocycles. The number of carbonyl (C=O) groups excluding carboxylic acids is 1. The van der Waals surface area contributed by atoms with Gasteiger partial charge in [-0.15, -0.1) is 0 Å². The summed E-state index contributed by atoms with van der Waals surface area (Å²) in [6.45, 7) is 7.16. The van der Waals surface area contributed by atoms with Gasteiger partial charge in [0.25, 0.3) is 0 Å². The van der Waals surface area contributed by atoms with Crippen molar-refractivity contribution in [3.05, 3.63) is 28.8 Å². The number of piperidine rings is 1. The lowest BCUT2D eigenvalue weighted by atomic mass is 9.73. The molecule has 1 atom stereocenters. The minimum Gasteiger partial charge on any atom is -0.325 e. The lowest BCUT2D eigenvalue weighted by Crippen LogP contribution is -2.48. The van der Waals surface area contributed by atoms with E-state index in [0.29, 0.717) is 29.8 Å². The van der Waals surface area contributed by atoms with Crippen LogP contribution in [0.4, 0.5) is 14.5 Å². The first-order chi connectivity index (χ1) is 10.6. The molecule has 1 fully saturated rings. The van der Waals surface area contributed by atoms with Crippen molar-refractivity contribution in [2.24, 2.45) is 0 Å². The fourth-order valence-electron chi connectivity index (χ4n) is 3.65. The van der Waals surface area contributed by atoms with Crippen LogP contribution in [0.25, 0.3) is 0 Å². The smallest absolute Gasteiger partial charge is 0.236 e. The molecule has 0 aromatic heterocycles. The quantitative estimate of drug-likeness (QED) is 0.872. The largest absolute Gasteiger partial charge is 0.325 e. The van der Waals surface area contributed by atoms with Gasteiger partial charge >= 0.3 is 0 Å². The van der Waals surface area contributed by atoms with Crippen LogP contribution in [0, 0.1) is 0 Å². The van der Waals surface area contributed by atoms with E-state index in [1.165, 1.54) is 27.7 Å². The molecule has 1 spiro atoms. The summed E-state index contributed by atoms with van der Waals surface area (Å²) in [5.41, 5.74) is -1.94. The molecule has 1 amide bonds. The molecular weight excluding hydrogens is 298 g/mol. The molecule has 1 aromatic rings. The molecule has 2 aliphatic heterocycles. The van der Waals surface area contributed by atoms with E-state index in [9.17, 15) is 13.6 Å². The van der Waals surface area contributed by atoms with Gasteiger partial charge in [0.1, 0.15) is 11.3 Å². The maximum atomic E-state index is 14.7. The van der Waals surface area contributed by atoms with E-state index in [-0.39, 0.29) is 5.91 Å². The van der Waals surface area contributed by atoms with Crippen LogP contribution >= 0.6 is 0 Å². The zero-order valence-corrected chi connectivity index (χ0v) is 14.1. The average molecular weight is 322 g/mol. The molecule has 126 valence electrons. The number of halogens is 2. The molecule has 2 aliphatic rings. The molecular formula is C18H24F2N2O. The van der Waals surface area contributed by atoms with Crippen molar-refractivity contribution in [2.45, 2.75) is 57.3 Å². The van der Waals surface area contributed by atoms with Crippen LogP contribution in [0.15, 0.2) is 12.1 Å². The normalized spacial score (nSPS) is 24.7. The number of nitrogens with one attached hydrogen (secondary N) is 2. The number of anilines is 1. The molecule has 3 nitrogen and oxygen atoms in total. The second kappa shape index (κ2) is 5.00. The lowest BCUT2D eigenvalue weighted by molar-refractivity contribution is -0.121. The minimum atomic E-state index is -1.66. The first-order valence-corrected chi connectivity index (χ1v) is 8.15. The monoisotopic (exact) mass is 322 g/mol. The van der Waals surface area contributed by atoms with Crippen molar-refractivity contribution in [3.8, 4) is 0 Å². The molecule has 1 unspecified atom stereocenters. The van der Waals surface area contributed by atoms with E-state index in [0.717, 1.165) is 18.5 Å². The van der Waals surface area contributed by atoms with Crippen LogP contribution in [0.2, 0.25) is 0 Å². The Kier molecular flexibility index (Phi) is 3.56. The Morgan fingerprint density at radius 1 is 1.13 bits per heavy atom. The van der Waals surface area contributed by atoms with Gasteiger partial charge in [-0.25, -0.2) is 8.78 Å². The second-order valence-corrected chi connectivity index (χ2v) is 7.71. The van der Waals surface area contributed by atoms with E-state index in [1.807, 2.05) is 0 Å². The predicted molar refractivity (Wildman–Crippen MR) is 87.1 cm³/mol. The first-order valence-electron chi connectivity index (χ1n) is 8.15. The first kappa shape index (κ1) is 16.4. The molecule has 0 radical (unpaired) electrons. The summed E-state index contributed by atoms with van der Waals surface area (Å²) in [4.78, 5) is 12.7. The van der Waals surface area contributed by atoms with Gasteiger partial charge in [-0.1, -0.05) is 0 Å². The van der Waals surface area contributed by atoms with E-state index in [1.54, 1.807) is 12.1 Å². The van der Waals surface area contributed by atoms with E-state index < -0.39 is 16.8 Å². The number of alkyl halides is 2. The van der Waals surface area contributed by atoms with Crippen LogP contribution in [-0.2, 0) is 21.5 Å². The molecule has 3 rings (SSSR count). The summed E-state index contributed by atoms with van der Waals surface area (Å²) in [5, 5.41) is 6.13. The van der Waals surface area contributed by atoms with Crippen molar-refractivity contribution >= 4 is 11.6 Å². The highest BCUT2D eigenvalue weighted by molar-refractivity contribution is 6.07. The fraction of sp³-hybridized carbons (Fsp3) is 0.611. The van der Waals surface area contributed by atoms with Crippen LogP contribution in [-0.4, -0.2) is 19.0 Å². The maximum Gasteiger partial charge on any atom is 0.236 e. The average Bonchev–Trinajstić information content (AvgIpc) is 2.70. The van der Waals surface area contributed by atoms with Crippen LogP contribution < -0.4 is 10.6 Å². The van der Waals surface area contributed by atoms with Gasteiger partial charge in [-0.3, -0.25) is 4.79 Å². The highest BCUT2D eigenvalue weighted by atomic mass is 19.1. The van der Waals surface area contributed by atoms with Crippen molar-refractivity contribution in [2.75, 3.05) is 18.4 Å². The molecule has 2 N–H and O–H groups in total. The third-order valence-electron chi connectivity index (χ3n) is 5.04. The van der Waals surface area contributed by atoms with Gasteiger partial charge in [-0.05, 0) is 70.3 Å². The van der Waals surface area contributed by atoms with E-state index >= 15 is 0 Å². The number of hydrogen-bond donors (Lipinski definition) is 2. The number of rotatable bonds is 2. The molecule has 1 aromatic carbocycles. The third-order valence-corrected chi connectivity index (χ3v) is 5.04. The van der Waals surface area contributed by atoms with E-state index in [2.05, 4.69) is 10.6 Å². The summed E-state index contributed by atoms with van der Waals surface area (Å²) < 4.78 is 29.3. The third kappa shape index (κ3) is 2.55. The summed E-state index contributed by atoms with van der Waals surface area (Å²) >= 11 is 0. The van der Waals surface area contributed by atoms with Crippen molar-refractivity contribution in [1.82, 2.24) is 5.32 Å². The Morgan fingerprint density at radius 2 is 1.83 bits per heavy atom. The van der Waals surface area contributed by atoms with Crippen LogP contribution in [0.1, 0.15) is 57.2 Å². The Balaban J connectivity index is 2.26. The second-order valence-electron chi connectivity index (χ2n) is 7.71. The predicted octanol–water partition coefficient (Wildman–Crippen LogP) is 3.67. The van der Waals surface area contributed by atoms with Crippen molar-refractivity contribution in [3.63, 3.8) is 0 Å². The number of carbonyl (C=O) groups is 1. The van der Waals surface area contributed by atoms with Crippen LogP contribution in [0.5, 0.6) is 0 Å². The minimum absolute atomic E-state index is 0.112. The molecule has 1 saturated heterocycles. The Bertz CT molecular complexity index is 650. The van der Waals surface area contributed by atoms with Gasteiger partial charge in [0.15, 0.2) is 0 Å². The molecule has 23 heavy (non-hydrogen) atoms. The molecule has 0 aliphatic carbocycles. The number of amides is 1. The number of fused-ring (bicyclic) bond motifs is 2. The highest BCUT2D eigenvalue weighted by Crippen LogP contribution is 2.48. The zero-order valence-electron chi connectivity index (χ0n) is 14.1. The van der Waals surface area contributed by atoms with Gasteiger partial charge in [0.2, 0.25) is 5.91 Å². The topological polar surface area (TPSA) is 41.1 Å². The number of benzene rings is 1. The highest BCUT2D eigenvalue weighted by Gasteiger charge is 2.49. The van der Waals surface area contributed by atoms with Crippen LogP contribution in [0.3, 0.4) is 0 Å². The maximum absolute atomic E-state index is 14.7. The van der Waals surface area contributed by atoms with Gasteiger partial charge in [0, 0.05) is 12.1 Å². The molecule has 2 heterocycles.